The fraction of sp³-hybridized carbons (Fsp3) is 0.385. The Kier molecular flexibility index (Phi) is 4.70. The van der Waals surface area contributed by atoms with Gasteiger partial charge in [0.15, 0.2) is 5.13 Å². The number of nitrogens with zero attached hydrogens (tertiary/aromatic N) is 2. The van der Waals surface area contributed by atoms with E-state index in [-0.39, 0.29) is 5.84 Å². The summed E-state index contributed by atoms with van der Waals surface area (Å²) in [7, 11) is 1.68. The minimum Gasteiger partial charge on any atom is -0.388 e. The Morgan fingerprint density at radius 1 is 1.42 bits per heavy atom. The van der Waals surface area contributed by atoms with E-state index in [1.807, 2.05) is 18.2 Å². The number of nitrogens with one attached hydrogen (secondary N) is 1. The minimum atomic E-state index is 0.198. The summed E-state index contributed by atoms with van der Waals surface area (Å²) in [5.74, 6) is 0.198. The molecule has 1 heterocycles. The lowest BCUT2D eigenvalue weighted by Crippen LogP contribution is -2.30. The Morgan fingerprint density at radius 2 is 2.21 bits per heavy atom. The second-order valence-corrected chi connectivity index (χ2v) is 5.23. The maximum absolute atomic E-state index is 7.34. The highest BCUT2D eigenvalue weighted by atomic mass is 32.1. The van der Waals surface area contributed by atoms with Gasteiger partial charge in [0.1, 0.15) is 0 Å². The van der Waals surface area contributed by atoms with E-state index >= 15 is 0 Å². The number of nitrogens with two attached hydrogens (primary N) is 1. The van der Waals surface area contributed by atoms with Crippen LogP contribution in [0.5, 0.6) is 0 Å². The molecule has 1 aromatic carbocycles. The van der Waals surface area contributed by atoms with E-state index in [1.54, 1.807) is 18.4 Å². The van der Waals surface area contributed by atoms with Gasteiger partial charge in [-0.3, -0.25) is 5.41 Å². The number of hydrogen-bond acceptors (Lipinski definition) is 5. The van der Waals surface area contributed by atoms with Gasteiger partial charge in [-0.05, 0) is 12.1 Å². The number of rotatable bonds is 7. The Hall–Kier alpha value is -1.66. The quantitative estimate of drug-likeness (QED) is 0.600. The monoisotopic (exact) mass is 278 g/mol. The highest BCUT2D eigenvalue weighted by molar-refractivity contribution is 7.22. The van der Waals surface area contributed by atoms with Gasteiger partial charge in [-0.25, -0.2) is 4.98 Å². The average molecular weight is 278 g/mol. The molecule has 0 radical (unpaired) electrons. The van der Waals surface area contributed by atoms with Gasteiger partial charge < -0.3 is 15.4 Å². The highest BCUT2D eigenvalue weighted by Crippen LogP contribution is 2.28. The van der Waals surface area contributed by atoms with E-state index in [1.165, 1.54) is 4.70 Å². The molecule has 0 amide bonds. The Labute approximate surface area is 116 Å². The molecule has 0 aliphatic rings. The number of fused-ring (bicyclic) bond motifs is 1. The fourth-order valence-corrected chi connectivity index (χ4v) is 2.77. The number of benzene rings is 1. The summed E-state index contributed by atoms with van der Waals surface area (Å²) in [4.78, 5) is 6.74. The predicted octanol–water partition coefficient (Wildman–Crippen LogP) is 2.08. The van der Waals surface area contributed by atoms with Crippen LogP contribution in [0, 0.1) is 5.41 Å². The molecule has 0 saturated carbocycles. The van der Waals surface area contributed by atoms with Crippen molar-refractivity contribution < 1.29 is 4.74 Å². The average Bonchev–Trinajstić information content (AvgIpc) is 2.82. The third-order valence-corrected chi connectivity index (χ3v) is 3.87. The highest BCUT2D eigenvalue weighted by Gasteiger charge is 2.12. The first-order chi connectivity index (χ1) is 9.20. The zero-order valence-corrected chi connectivity index (χ0v) is 11.7. The van der Waals surface area contributed by atoms with Crippen LogP contribution >= 0.6 is 11.3 Å². The van der Waals surface area contributed by atoms with Gasteiger partial charge in [0.05, 0.1) is 22.7 Å². The third-order valence-electron chi connectivity index (χ3n) is 2.77. The van der Waals surface area contributed by atoms with Crippen molar-refractivity contribution in [1.82, 2.24) is 4.98 Å². The number of thiazole rings is 1. The molecule has 2 aromatic rings. The van der Waals surface area contributed by atoms with Crippen LogP contribution in [0.2, 0.25) is 0 Å². The van der Waals surface area contributed by atoms with Crippen molar-refractivity contribution in [2.24, 2.45) is 5.73 Å². The van der Waals surface area contributed by atoms with E-state index in [4.69, 9.17) is 15.9 Å². The van der Waals surface area contributed by atoms with Crippen LogP contribution in [0.25, 0.3) is 10.2 Å². The molecule has 0 aliphatic carbocycles. The summed E-state index contributed by atoms with van der Waals surface area (Å²) in [6, 6.07) is 8.07. The van der Waals surface area contributed by atoms with Crippen LogP contribution in [-0.2, 0) is 4.74 Å². The molecule has 1 aromatic heterocycles. The second kappa shape index (κ2) is 6.49. The molecule has 5 nitrogen and oxygen atoms in total. The van der Waals surface area contributed by atoms with Crippen LogP contribution in [-0.4, -0.2) is 37.6 Å². The fourth-order valence-electron chi connectivity index (χ4n) is 1.76. The van der Waals surface area contributed by atoms with Crippen molar-refractivity contribution in [1.29, 1.82) is 5.41 Å². The van der Waals surface area contributed by atoms with Crippen LogP contribution < -0.4 is 10.6 Å². The molecule has 0 atom stereocenters. The maximum Gasteiger partial charge on any atom is 0.186 e. The van der Waals surface area contributed by atoms with Gasteiger partial charge >= 0.3 is 0 Å². The van der Waals surface area contributed by atoms with Gasteiger partial charge in [0, 0.05) is 26.6 Å². The van der Waals surface area contributed by atoms with Crippen LogP contribution in [0.4, 0.5) is 5.13 Å². The molecule has 0 spiro atoms. The predicted molar refractivity (Wildman–Crippen MR) is 80.2 cm³/mol. The lowest BCUT2D eigenvalue weighted by atomic mass is 10.3. The first kappa shape index (κ1) is 13.8. The second-order valence-electron chi connectivity index (χ2n) is 4.22. The standard InChI is InChI=1S/C13H18N4OS/c1-18-9-8-17(7-6-12(14)15)13-16-10-4-2-3-5-11(10)19-13/h2-5H,6-9H2,1H3,(H3,14,15). The number of ether oxygens (including phenoxy) is 1. The van der Waals surface area contributed by atoms with E-state index in [2.05, 4.69) is 16.0 Å². The molecule has 0 unspecified atom stereocenters. The molecule has 0 fully saturated rings. The van der Waals surface area contributed by atoms with Crippen molar-refractivity contribution in [3.63, 3.8) is 0 Å². The Morgan fingerprint density at radius 3 is 2.89 bits per heavy atom. The number of para-hydroxylation sites is 1. The molecule has 19 heavy (non-hydrogen) atoms. The van der Waals surface area contributed by atoms with Gasteiger partial charge in [-0.15, -0.1) is 0 Å². The largest absolute Gasteiger partial charge is 0.388 e. The van der Waals surface area contributed by atoms with Gasteiger partial charge in [-0.1, -0.05) is 23.5 Å². The summed E-state index contributed by atoms with van der Waals surface area (Å²) in [6.07, 6.45) is 0.541. The lowest BCUT2D eigenvalue weighted by molar-refractivity contribution is 0.205. The Balaban J connectivity index is 2.17. The SMILES string of the molecule is COCCN(CCC(=N)N)c1nc2ccccc2s1. The molecule has 2 rings (SSSR count). The Bertz CT molecular complexity index is 521. The molecule has 0 aliphatic heterocycles. The molecule has 0 bridgehead atoms. The summed E-state index contributed by atoms with van der Waals surface area (Å²) < 4.78 is 6.29. The summed E-state index contributed by atoms with van der Waals surface area (Å²) in [5, 5.41) is 8.30. The summed E-state index contributed by atoms with van der Waals surface area (Å²) in [6.45, 7) is 2.08. The molecule has 102 valence electrons. The minimum absolute atomic E-state index is 0.198. The van der Waals surface area contributed by atoms with E-state index < -0.39 is 0 Å². The first-order valence-corrected chi connectivity index (χ1v) is 6.94. The molecule has 3 N–H and O–H groups in total. The summed E-state index contributed by atoms with van der Waals surface area (Å²) in [5.41, 5.74) is 6.44. The van der Waals surface area contributed by atoms with Crippen LogP contribution in [0.15, 0.2) is 24.3 Å². The number of methoxy groups -OCH3 is 1. The third kappa shape index (κ3) is 3.65. The smallest absolute Gasteiger partial charge is 0.186 e. The number of amidine groups is 1. The van der Waals surface area contributed by atoms with Crippen molar-refractivity contribution in [2.75, 3.05) is 31.7 Å². The zero-order chi connectivity index (χ0) is 13.7. The van der Waals surface area contributed by atoms with Crippen molar-refractivity contribution in [3.8, 4) is 0 Å². The lowest BCUT2D eigenvalue weighted by Gasteiger charge is -2.20. The van der Waals surface area contributed by atoms with E-state index in [0.29, 0.717) is 19.6 Å². The maximum atomic E-state index is 7.34. The molecule has 0 saturated heterocycles. The zero-order valence-electron chi connectivity index (χ0n) is 10.9. The van der Waals surface area contributed by atoms with Crippen molar-refractivity contribution in [2.45, 2.75) is 6.42 Å². The first-order valence-electron chi connectivity index (χ1n) is 6.13. The molecule has 6 heteroatoms. The van der Waals surface area contributed by atoms with Gasteiger partial charge in [0.25, 0.3) is 0 Å². The van der Waals surface area contributed by atoms with Crippen molar-refractivity contribution >= 4 is 32.5 Å². The van der Waals surface area contributed by atoms with E-state index in [9.17, 15) is 0 Å². The summed E-state index contributed by atoms with van der Waals surface area (Å²) >= 11 is 1.66. The number of hydrogen-bond donors (Lipinski definition) is 2. The van der Waals surface area contributed by atoms with E-state index in [0.717, 1.165) is 17.2 Å². The van der Waals surface area contributed by atoms with Gasteiger partial charge in [0.2, 0.25) is 0 Å². The normalized spacial score (nSPS) is 10.8. The van der Waals surface area contributed by atoms with Crippen LogP contribution in [0.1, 0.15) is 6.42 Å². The van der Waals surface area contributed by atoms with Crippen LogP contribution in [0.3, 0.4) is 0 Å². The molecular formula is C13H18N4OS. The number of anilines is 1. The molecular weight excluding hydrogens is 260 g/mol. The topological polar surface area (TPSA) is 75.2 Å². The van der Waals surface area contributed by atoms with Crippen molar-refractivity contribution in [3.05, 3.63) is 24.3 Å². The number of aromatic nitrogens is 1. The van der Waals surface area contributed by atoms with Gasteiger partial charge in [-0.2, -0.15) is 0 Å².